The maximum atomic E-state index is 10.4. The zero-order valence-corrected chi connectivity index (χ0v) is 9.22. The van der Waals surface area contributed by atoms with Gasteiger partial charge in [-0.2, -0.15) is 11.1 Å². The van der Waals surface area contributed by atoms with Crippen LogP contribution in [0.5, 0.6) is 0 Å². The van der Waals surface area contributed by atoms with E-state index in [4.69, 9.17) is 21.8 Å². The van der Waals surface area contributed by atoms with E-state index in [1.54, 1.807) is 0 Å². The second-order valence-corrected chi connectivity index (χ2v) is 12.6. The van der Waals surface area contributed by atoms with Crippen LogP contribution >= 0.6 is 21.8 Å². The minimum Gasteiger partial charge on any atom is -0.212 e. The Hall–Kier alpha value is 0.747. The van der Waals surface area contributed by atoms with Crippen molar-refractivity contribution in [2.24, 2.45) is 0 Å². The molecule has 6 heteroatoms. The smallest absolute Gasteiger partial charge is 0.212 e. The van der Waals surface area contributed by atoms with E-state index in [1.165, 1.54) is 0 Å². The third kappa shape index (κ3) is 8.75. The van der Waals surface area contributed by atoms with E-state index >= 15 is 0 Å². The molecule has 0 bridgehead atoms. The molecule has 0 aromatic rings. The monoisotopic (exact) mass is 220 g/mol. The third-order valence-corrected chi connectivity index (χ3v) is 4.46. The molecule has 0 unspecified atom stereocenters. The number of halogens is 2. The molecule has 0 rings (SSSR count). The minimum atomic E-state index is -3.33. The summed E-state index contributed by atoms with van der Waals surface area (Å²) in [5.74, 6) is -0.00270. The Kier molecular flexibility index (Phi) is 3.69. The van der Waals surface area contributed by atoms with Crippen molar-refractivity contribution in [2.75, 3.05) is 5.75 Å². The SMILES string of the molecule is C[Si](C)(Cl)CCS(=O)(=O)Cl. The molecule has 0 N–H and O–H groups in total. The van der Waals surface area contributed by atoms with E-state index in [0.717, 1.165) is 0 Å². The zero-order valence-electron chi connectivity index (χ0n) is 5.89. The van der Waals surface area contributed by atoms with Gasteiger partial charge in [-0.05, 0) is 6.04 Å². The summed E-state index contributed by atoms with van der Waals surface area (Å²) < 4.78 is 20.8. The molecule has 10 heavy (non-hydrogen) atoms. The highest BCUT2D eigenvalue weighted by Gasteiger charge is 2.19. The van der Waals surface area contributed by atoms with Gasteiger partial charge in [0.25, 0.3) is 0 Å². The average Bonchev–Trinajstić information content (AvgIpc) is 1.57. The number of hydrogen-bond acceptors (Lipinski definition) is 2. The maximum absolute atomic E-state index is 10.4. The zero-order chi connectivity index (χ0) is 8.41. The van der Waals surface area contributed by atoms with Crippen LogP contribution in [0.4, 0.5) is 0 Å². The molecule has 62 valence electrons. The highest BCUT2D eigenvalue weighted by atomic mass is 35.7. The molecule has 2 nitrogen and oxygen atoms in total. The van der Waals surface area contributed by atoms with Gasteiger partial charge in [0.15, 0.2) is 7.38 Å². The second kappa shape index (κ2) is 3.43. The Morgan fingerprint density at radius 3 is 1.90 bits per heavy atom. The summed E-state index contributed by atoms with van der Waals surface area (Å²) in [5.41, 5.74) is 0. The Balaban J connectivity index is 3.79. The Morgan fingerprint density at radius 1 is 1.40 bits per heavy atom. The lowest BCUT2D eigenvalue weighted by Crippen LogP contribution is -2.19. The predicted molar refractivity (Wildman–Crippen MR) is 47.8 cm³/mol. The summed E-state index contributed by atoms with van der Waals surface area (Å²) in [5, 5.41) is 0. The Labute approximate surface area is 71.7 Å². The maximum Gasteiger partial charge on any atom is 0.232 e. The van der Waals surface area contributed by atoms with Crippen LogP contribution in [0.15, 0.2) is 0 Å². The highest BCUT2D eigenvalue weighted by molar-refractivity contribution is 8.13. The van der Waals surface area contributed by atoms with Crippen molar-refractivity contribution in [1.82, 2.24) is 0 Å². The van der Waals surface area contributed by atoms with E-state index < -0.39 is 16.4 Å². The molecule has 0 aromatic heterocycles. The van der Waals surface area contributed by atoms with Gasteiger partial charge in [-0.25, -0.2) is 8.42 Å². The van der Waals surface area contributed by atoms with Gasteiger partial charge < -0.3 is 0 Å². The second-order valence-electron chi connectivity index (χ2n) is 2.71. The Morgan fingerprint density at radius 2 is 1.80 bits per heavy atom. The first-order valence-corrected chi connectivity index (χ1v) is 9.52. The lowest BCUT2D eigenvalue weighted by Gasteiger charge is -2.09. The van der Waals surface area contributed by atoms with Gasteiger partial charge in [0.1, 0.15) is 0 Å². The summed E-state index contributed by atoms with van der Waals surface area (Å²) in [7, 11) is -0.118. The van der Waals surface area contributed by atoms with Crippen LogP contribution < -0.4 is 0 Å². The lowest BCUT2D eigenvalue weighted by atomic mass is 11.0. The summed E-state index contributed by atoms with van der Waals surface area (Å²) in [6, 6.07) is 0.514. The predicted octanol–water partition coefficient (Wildman–Crippen LogP) is 2.00. The first-order chi connectivity index (χ1) is 4.21. The van der Waals surface area contributed by atoms with Crippen molar-refractivity contribution in [3.8, 4) is 0 Å². The molecule has 0 amide bonds. The van der Waals surface area contributed by atoms with Crippen LogP contribution in [0.3, 0.4) is 0 Å². The summed E-state index contributed by atoms with van der Waals surface area (Å²) >= 11 is 5.86. The van der Waals surface area contributed by atoms with Gasteiger partial charge in [-0.3, -0.25) is 0 Å². The quantitative estimate of drug-likeness (QED) is 0.415. The molecule has 0 heterocycles. The van der Waals surface area contributed by atoms with E-state index in [0.29, 0.717) is 6.04 Å². The molecule has 0 aromatic carbocycles. The summed E-state index contributed by atoms with van der Waals surface area (Å²) in [4.78, 5) is 0. The fourth-order valence-electron chi connectivity index (χ4n) is 0.365. The van der Waals surface area contributed by atoms with Crippen LogP contribution in [0.2, 0.25) is 19.1 Å². The van der Waals surface area contributed by atoms with Crippen molar-refractivity contribution in [3.63, 3.8) is 0 Å². The van der Waals surface area contributed by atoms with E-state index in [1.807, 2.05) is 13.1 Å². The normalized spacial score (nSPS) is 13.6. The van der Waals surface area contributed by atoms with Crippen LogP contribution in [-0.4, -0.2) is 21.6 Å². The average molecular weight is 221 g/mol. The van der Waals surface area contributed by atoms with Crippen LogP contribution in [0.25, 0.3) is 0 Å². The highest BCUT2D eigenvalue weighted by Crippen LogP contribution is 2.16. The number of rotatable bonds is 3. The first-order valence-electron chi connectivity index (χ1n) is 2.82. The van der Waals surface area contributed by atoms with Gasteiger partial charge in [0.05, 0.1) is 5.75 Å². The fourth-order valence-corrected chi connectivity index (χ4v) is 4.67. The lowest BCUT2D eigenvalue weighted by molar-refractivity contribution is 0.610. The first kappa shape index (κ1) is 10.7. The standard InChI is InChI=1S/C4H10Cl2O2SSi/c1-10(2,6)4-3-9(5,7)8/h3-4H2,1-2H3. The molecule has 0 fully saturated rings. The summed E-state index contributed by atoms with van der Waals surface area (Å²) in [6.45, 7) is 3.77. The van der Waals surface area contributed by atoms with E-state index in [2.05, 4.69) is 0 Å². The van der Waals surface area contributed by atoms with Crippen LogP contribution in [-0.2, 0) is 9.05 Å². The van der Waals surface area contributed by atoms with E-state index in [9.17, 15) is 8.42 Å². The van der Waals surface area contributed by atoms with Gasteiger partial charge in [-0.1, -0.05) is 13.1 Å². The van der Waals surface area contributed by atoms with Crippen molar-refractivity contribution < 1.29 is 8.42 Å². The van der Waals surface area contributed by atoms with Crippen molar-refractivity contribution in [3.05, 3.63) is 0 Å². The molecule has 0 atom stereocenters. The minimum absolute atomic E-state index is 0.00270. The van der Waals surface area contributed by atoms with Gasteiger partial charge in [0.2, 0.25) is 9.05 Å². The van der Waals surface area contributed by atoms with E-state index in [-0.39, 0.29) is 5.75 Å². The molecule has 0 aliphatic rings. The van der Waals surface area contributed by atoms with Crippen molar-refractivity contribution >= 4 is 38.2 Å². The third-order valence-electron chi connectivity index (χ3n) is 0.940. The molecule has 0 spiro atoms. The van der Waals surface area contributed by atoms with Crippen molar-refractivity contribution in [2.45, 2.75) is 19.1 Å². The molecular formula is C4H10Cl2O2SSi. The van der Waals surface area contributed by atoms with Crippen LogP contribution in [0.1, 0.15) is 0 Å². The van der Waals surface area contributed by atoms with Gasteiger partial charge in [0, 0.05) is 10.7 Å². The molecular weight excluding hydrogens is 211 g/mol. The van der Waals surface area contributed by atoms with Gasteiger partial charge >= 0.3 is 0 Å². The summed E-state index contributed by atoms with van der Waals surface area (Å²) in [6.07, 6.45) is 0. The molecule has 0 aliphatic heterocycles. The topological polar surface area (TPSA) is 34.1 Å². The fraction of sp³-hybridized carbons (Fsp3) is 1.00. The van der Waals surface area contributed by atoms with Gasteiger partial charge in [-0.15, -0.1) is 0 Å². The molecule has 0 radical (unpaired) electrons. The van der Waals surface area contributed by atoms with Crippen molar-refractivity contribution in [1.29, 1.82) is 0 Å². The molecule has 0 aliphatic carbocycles. The molecule has 0 saturated heterocycles. The number of hydrogen-bond donors (Lipinski definition) is 0. The molecule has 0 saturated carbocycles. The Bertz CT molecular complexity index is 194. The largest absolute Gasteiger partial charge is 0.232 e. The van der Waals surface area contributed by atoms with Crippen LogP contribution in [0, 0.1) is 0 Å².